The summed E-state index contributed by atoms with van der Waals surface area (Å²) in [7, 11) is 0. The molecule has 0 bridgehead atoms. The molecular weight excluding hydrogens is 412 g/mol. The van der Waals surface area contributed by atoms with Crippen LogP contribution in [0.25, 0.3) is 16.9 Å². The molecule has 11 heteroatoms. The number of aliphatic hydroxyl groups is 1. The average Bonchev–Trinajstić information content (AvgIpc) is 3.21. The normalized spacial score (nSPS) is 10.8. The molecule has 0 aliphatic carbocycles. The van der Waals surface area contributed by atoms with Gasteiger partial charge in [0.15, 0.2) is 11.2 Å². The number of benzene rings is 2. The van der Waals surface area contributed by atoms with Crippen LogP contribution in [0.1, 0.15) is 15.9 Å². The van der Waals surface area contributed by atoms with Crippen molar-refractivity contribution in [2.45, 2.75) is 6.42 Å². The maximum atomic E-state index is 12.1. The number of nitrogens with one attached hydrogen (secondary N) is 2. The van der Waals surface area contributed by atoms with Gasteiger partial charge in [0.05, 0.1) is 24.9 Å². The molecule has 0 spiro atoms. The standard InChI is InChI=1S/C21H20N8O3/c22-18(31)10-13-3-1-6-16(9-13)29-19-17(27-28-29)12-24-21(26-19)25-15-5-2-4-14(11-15)20(32)23-7-8-30/h1-6,9,11-12,30H,7-8,10H2,(H2,22,31)(H,23,32)(H,24,25,26). The molecule has 5 N–H and O–H groups in total. The zero-order valence-corrected chi connectivity index (χ0v) is 16.9. The van der Waals surface area contributed by atoms with Crippen LogP contribution in [-0.4, -0.2) is 55.0 Å². The number of aliphatic hydroxyl groups excluding tert-OH is 1. The Kier molecular flexibility index (Phi) is 5.99. The number of nitrogens with two attached hydrogens (primary N) is 1. The molecule has 0 radical (unpaired) electrons. The van der Waals surface area contributed by atoms with Crippen LogP contribution >= 0.6 is 0 Å². The molecule has 0 fully saturated rings. The molecule has 2 aromatic heterocycles. The lowest BCUT2D eigenvalue weighted by atomic mass is 10.1. The van der Waals surface area contributed by atoms with Crippen LogP contribution in [0.2, 0.25) is 0 Å². The van der Waals surface area contributed by atoms with Crippen molar-refractivity contribution in [2.75, 3.05) is 18.5 Å². The van der Waals surface area contributed by atoms with E-state index >= 15 is 0 Å². The Bertz CT molecular complexity index is 1290. The highest BCUT2D eigenvalue weighted by Crippen LogP contribution is 2.19. The number of hydrogen-bond donors (Lipinski definition) is 4. The number of anilines is 2. The van der Waals surface area contributed by atoms with E-state index in [9.17, 15) is 9.59 Å². The Morgan fingerprint density at radius 2 is 1.97 bits per heavy atom. The number of amides is 2. The van der Waals surface area contributed by atoms with Crippen LogP contribution < -0.4 is 16.4 Å². The number of fused-ring (bicyclic) bond motifs is 1. The van der Waals surface area contributed by atoms with Gasteiger partial charge in [0.2, 0.25) is 11.9 Å². The minimum absolute atomic E-state index is 0.116. The molecule has 0 saturated carbocycles. The Morgan fingerprint density at radius 3 is 2.78 bits per heavy atom. The Hall–Kier alpha value is -4.38. The van der Waals surface area contributed by atoms with Gasteiger partial charge < -0.3 is 21.5 Å². The van der Waals surface area contributed by atoms with Crippen molar-refractivity contribution in [1.82, 2.24) is 30.3 Å². The summed E-state index contributed by atoms with van der Waals surface area (Å²) >= 11 is 0. The van der Waals surface area contributed by atoms with Gasteiger partial charge in [-0.3, -0.25) is 9.59 Å². The summed E-state index contributed by atoms with van der Waals surface area (Å²) in [5.74, 6) is -0.425. The molecule has 4 aromatic rings. The number of carbonyl (C=O) groups is 2. The maximum Gasteiger partial charge on any atom is 0.251 e. The van der Waals surface area contributed by atoms with Gasteiger partial charge in [-0.25, -0.2) is 4.98 Å². The summed E-state index contributed by atoms with van der Waals surface area (Å²) in [6.07, 6.45) is 1.66. The van der Waals surface area contributed by atoms with E-state index in [2.05, 4.69) is 30.9 Å². The summed E-state index contributed by atoms with van der Waals surface area (Å²) in [6, 6.07) is 14.0. The second-order valence-corrected chi connectivity index (χ2v) is 6.90. The van der Waals surface area contributed by atoms with Crippen LogP contribution in [0, 0.1) is 0 Å². The Labute approximate surface area is 182 Å². The molecular formula is C21H20N8O3. The van der Waals surface area contributed by atoms with E-state index in [1.807, 2.05) is 6.07 Å². The van der Waals surface area contributed by atoms with Gasteiger partial charge in [0, 0.05) is 17.8 Å². The molecule has 2 aromatic carbocycles. The first kappa shape index (κ1) is 20.9. The quantitative estimate of drug-likeness (QED) is 0.316. The second kappa shape index (κ2) is 9.18. The Morgan fingerprint density at radius 1 is 1.12 bits per heavy atom. The van der Waals surface area contributed by atoms with Crippen molar-refractivity contribution in [3.8, 4) is 5.69 Å². The van der Waals surface area contributed by atoms with E-state index in [1.54, 1.807) is 53.3 Å². The topological polar surface area (TPSA) is 161 Å². The molecule has 0 aliphatic rings. The minimum atomic E-state index is -0.424. The fourth-order valence-electron chi connectivity index (χ4n) is 3.10. The van der Waals surface area contributed by atoms with Gasteiger partial charge in [0.1, 0.15) is 0 Å². The Balaban J connectivity index is 1.61. The van der Waals surface area contributed by atoms with Gasteiger partial charge >= 0.3 is 0 Å². The van der Waals surface area contributed by atoms with Gasteiger partial charge in [0.25, 0.3) is 5.91 Å². The molecule has 0 atom stereocenters. The third-order valence-electron chi connectivity index (χ3n) is 4.50. The van der Waals surface area contributed by atoms with E-state index < -0.39 is 5.91 Å². The van der Waals surface area contributed by atoms with Gasteiger partial charge in [-0.05, 0) is 35.9 Å². The molecule has 2 heterocycles. The van der Waals surface area contributed by atoms with E-state index in [1.165, 1.54) is 0 Å². The largest absolute Gasteiger partial charge is 0.395 e. The first-order chi connectivity index (χ1) is 15.5. The molecule has 162 valence electrons. The molecule has 0 unspecified atom stereocenters. The molecule has 0 aliphatic heterocycles. The summed E-state index contributed by atoms with van der Waals surface area (Å²) in [4.78, 5) is 32.1. The van der Waals surface area contributed by atoms with Crippen molar-refractivity contribution in [3.05, 3.63) is 65.9 Å². The lowest BCUT2D eigenvalue weighted by molar-refractivity contribution is -0.117. The van der Waals surface area contributed by atoms with Crippen LogP contribution in [0.3, 0.4) is 0 Å². The average molecular weight is 432 g/mol. The zero-order chi connectivity index (χ0) is 22.5. The second-order valence-electron chi connectivity index (χ2n) is 6.90. The molecule has 32 heavy (non-hydrogen) atoms. The predicted molar refractivity (Wildman–Crippen MR) is 116 cm³/mol. The highest BCUT2D eigenvalue weighted by molar-refractivity contribution is 5.95. The van der Waals surface area contributed by atoms with Gasteiger partial charge in [-0.2, -0.15) is 9.67 Å². The highest BCUT2D eigenvalue weighted by atomic mass is 16.3. The van der Waals surface area contributed by atoms with Gasteiger partial charge in [-0.1, -0.05) is 23.4 Å². The lowest BCUT2D eigenvalue weighted by Gasteiger charge is -2.08. The lowest BCUT2D eigenvalue weighted by Crippen LogP contribution is -2.26. The van der Waals surface area contributed by atoms with E-state index in [0.717, 1.165) is 5.56 Å². The molecule has 2 amide bonds. The van der Waals surface area contributed by atoms with Gasteiger partial charge in [-0.15, -0.1) is 5.10 Å². The molecule has 0 saturated heterocycles. The fraction of sp³-hybridized carbons (Fsp3) is 0.143. The number of hydrogen-bond acceptors (Lipinski definition) is 8. The number of rotatable bonds is 8. The summed E-state index contributed by atoms with van der Waals surface area (Å²) < 4.78 is 1.55. The van der Waals surface area contributed by atoms with E-state index in [4.69, 9.17) is 10.8 Å². The van der Waals surface area contributed by atoms with E-state index in [0.29, 0.717) is 34.1 Å². The number of aromatic nitrogens is 5. The zero-order valence-electron chi connectivity index (χ0n) is 16.9. The third-order valence-corrected chi connectivity index (χ3v) is 4.50. The maximum absolute atomic E-state index is 12.1. The van der Waals surface area contributed by atoms with Crippen LogP contribution in [0.15, 0.2) is 54.7 Å². The summed E-state index contributed by atoms with van der Waals surface area (Å²) in [5.41, 5.74) is 8.73. The number of nitrogens with zero attached hydrogens (tertiary/aromatic N) is 5. The first-order valence-corrected chi connectivity index (χ1v) is 9.76. The minimum Gasteiger partial charge on any atom is -0.395 e. The molecule has 11 nitrogen and oxygen atoms in total. The van der Waals surface area contributed by atoms with Crippen molar-refractivity contribution in [3.63, 3.8) is 0 Å². The molecule has 4 rings (SSSR count). The van der Waals surface area contributed by atoms with Crippen molar-refractivity contribution in [2.24, 2.45) is 5.73 Å². The monoisotopic (exact) mass is 432 g/mol. The van der Waals surface area contributed by atoms with Crippen molar-refractivity contribution in [1.29, 1.82) is 0 Å². The smallest absolute Gasteiger partial charge is 0.251 e. The fourth-order valence-corrected chi connectivity index (χ4v) is 3.10. The van der Waals surface area contributed by atoms with E-state index in [-0.39, 0.29) is 25.5 Å². The van der Waals surface area contributed by atoms with Crippen LogP contribution in [-0.2, 0) is 11.2 Å². The number of primary amides is 1. The van der Waals surface area contributed by atoms with Crippen LogP contribution in [0.5, 0.6) is 0 Å². The van der Waals surface area contributed by atoms with Crippen molar-refractivity contribution < 1.29 is 14.7 Å². The number of carbonyl (C=O) groups excluding carboxylic acids is 2. The SMILES string of the molecule is NC(=O)Cc1cccc(-n2nnc3cnc(Nc4cccc(C(=O)NCCO)c4)nc32)c1. The van der Waals surface area contributed by atoms with Crippen molar-refractivity contribution >= 4 is 34.6 Å². The van der Waals surface area contributed by atoms with Crippen LogP contribution in [0.4, 0.5) is 11.6 Å². The first-order valence-electron chi connectivity index (χ1n) is 9.76. The highest BCUT2D eigenvalue weighted by Gasteiger charge is 2.12. The summed E-state index contributed by atoms with van der Waals surface area (Å²) in [5, 5.41) is 22.8. The third kappa shape index (κ3) is 4.68. The summed E-state index contributed by atoms with van der Waals surface area (Å²) in [6.45, 7) is 0.0403. The predicted octanol–water partition coefficient (Wildman–Crippen LogP) is 0.704.